The van der Waals surface area contributed by atoms with Crippen molar-refractivity contribution in [3.05, 3.63) is 62.5 Å². The molecule has 0 fully saturated rings. The zero-order valence-corrected chi connectivity index (χ0v) is 17.5. The minimum absolute atomic E-state index is 0.0651. The van der Waals surface area contributed by atoms with Crippen LogP contribution >= 0.6 is 39.1 Å². The first kappa shape index (κ1) is 21.3. The molecule has 27 heavy (non-hydrogen) atoms. The summed E-state index contributed by atoms with van der Waals surface area (Å²) in [4.78, 5) is 24.5. The van der Waals surface area contributed by atoms with Gasteiger partial charge in [-0.2, -0.15) is 0 Å². The summed E-state index contributed by atoms with van der Waals surface area (Å²) in [5, 5.41) is 8.70. The second-order valence-electron chi connectivity index (χ2n) is 5.26. The molecule has 0 N–H and O–H groups in total. The second kappa shape index (κ2) is 9.30. The van der Waals surface area contributed by atoms with E-state index < -0.39 is 17.7 Å². The Morgan fingerprint density at radius 2 is 1.81 bits per heavy atom. The number of halogens is 3. The molecule has 0 saturated heterocycles. The molecule has 142 valence electrons. The summed E-state index contributed by atoms with van der Waals surface area (Å²) in [6, 6.07) is 11.1. The first-order valence-electron chi connectivity index (χ1n) is 7.79. The van der Waals surface area contributed by atoms with E-state index in [1.165, 1.54) is 12.1 Å². The summed E-state index contributed by atoms with van der Waals surface area (Å²) < 4.78 is 11.2. The van der Waals surface area contributed by atoms with Crippen LogP contribution in [0.2, 0.25) is 10.0 Å². The minimum Gasteiger partial charge on any atom is -0.461 e. The molecule has 0 aliphatic heterocycles. The Kier molecular flexibility index (Phi) is 7.35. The van der Waals surface area contributed by atoms with Crippen LogP contribution in [-0.4, -0.2) is 18.5 Å². The molecular weight excluding hydrogens is 459 g/mol. The topological polar surface area (TPSA) is 77.3 Å². The summed E-state index contributed by atoms with van der Waals surface area (Å²) >= 11 is 15.3. The van der Waals surface area contributed by atoms with Gasteiger partial charge in [0.25, 0.3) is 0 Å². The number of carbonyl (C=O) groups is 2. The largest absolute Gasteiger partial charge is 0.461 e. The van der Waals surface area contributed by atoms with Gasteiger partial charge in [-0.05, 0) is 37.3 Å². The van der Waals surface area contributed by atoms with Crippen LogP contribution < -0.4 is 0 Å². The molecule has 0 aliphatic carbocycles. The second-order valence-corrected chi connectivity index (χ2v) is 7.02. The monoisotopic (exact) mass is 472 g/mol. The number of hydrogen-bond acceptors (Lipinski definition) is 6. The molecule has 0 saturated carbocycles. The van der Waals surface area contributed by atoms with Gasteiger partial charge in [0.2, 0.25) is 0 Å². The SMILES string of the molecule is CCOC(=O)C(/N=N/c1ccc(Cl)cc1Cl)(OC(C)=O)c1ccc(Br)cc1. The molecule has 0 aromatic heterocycles. The molecule has 0 bridgehead atoms. The van der Waals surface area contributed by atoms with Gasteiger partial charge in [-0.15, -0.1) is 10.2 Å². The lowest BCUT2D eigenvalue weighted by Gasteiger charge is -2.26. The summed E-state index contributed by atoms with van der Waals surface area (Å²) in [7, 11) is 0. The fourth-order valence-corrected chi connectivity index (χ4v) is 2.85. The van der Waals surface area contributed by atoms with Gasteiger partial charge in [0.15, 0.2) is 0 Å². The van der Waals surface area contributed by atoms with E-state index in [1.807, 2.05) is 0 Å². The van der Waals surface area contributed by atoms with E-state index in [2.05, 4.69) is 26.2 Å². The molecule has 0 amide bonds. The fraction of sp³-hybridized carbons (Fsp3) is 0.222. The summed E-state index contributed by atoms with van der Waals surface area (Å²) in [6.45, 7) is 2.86. The highest BCUT2D eigenvalue weighted by atomic mass is 79.9. The molecule has 2 aromatic carbocycles. The third-order valence-electron chi connectivity index (χ3n) is 3.29. The number of carbonyl (C=O) groups excluding carboxylic acids is 2. The maximum atomic E-state index is 12.7. The number of esters is 2. The molecule has 2 rings (SSSR count). The lowest BCUT2D eigenvalue weighted by atomic mass is 10.0. The van der Waals surface area contributed by atoms with Crippen molar-refractivity contribution < 1.29 is 19.1 Å². The maximum Gasteiger partial charge on any atom is 0.381 e. The molecule has 1 unspecified atom stereocenters. The third kappa shape index (κ3) is 5.28. The molecule has 0 heterocycles. The number of nitrogens with zero attached hydrogens (tertiary/aromatic N) is 2. The van der Waals surface area contributed by atoms with Crippen molar-refractivity contribution in [2.24, 2.45) is 10.2 Å². The summed E-state index contributed by atoms with van der Waals surface area (Å²) in [5.41, 5.74) is -1.59. The van der Waals surface area contributed by atoms with Gasteiger partial charge < -0.3 is 9.47 Å². The van der Waals surface area contributed by atoms with Gasteiger partial charge in [-0.1, -0.05) is 51.3 Å². The average Bonchev–Trinajstić information content (AvgIpc) is 2.60. The van der Waals surface area contributed by atoms with Gasteiger partial charge in [-0.25, -0.2) is 4.79 Å². The normalized spacial score (nSPS) is 13.2. The molecule has 0 aliphatic rings. The maximum absolute atomic E-state index is 12.7. The Labute approximate surface area is 174 Å². The lowest BCUT2D eigenvalue weighted by molar-refractivity contribution is -0.183. The van der Waals surface area contributed by atoms with Crippen LogP contribution in [0.1, 0.15) is 19.4 Å². The Morgan fingerprint density at radius 1 is 1.15 bits per heavy atom. The van der Waals surface area contributed by atoms with E-state index in [0.29, 0.717) is 5.02 Å². The van der Waals surface area contributed by atoms with Gasteiger partial charge in [0.1, 0.15) is 5.69 Å². The van der Waals surface area contributed by atoms with Crippen molar-refractivity contribution in [1.82, 2.24) is 0 Å². The number of azo groups is 1. The average molecular weight is 474 g/mol. The van der Waals surface area contributed by atoms with Crippen molar-refractivity contribution in [2.75, 3.05) is 6.61 Å². The van der Waals surface area contributed by atoms with Crippen molar-refractivity contribution in [3.8, 4) is 0 Å². The van der Waals surface area contributed by atoms with E-state index in [4.69, 9.17) is 32.7 Å². The van der Waals surface area contributed by atoms with Crippen LogP contribution in [0.4, 0.5) is 5.69 Å². The number of rotatable bonds is 6. The van der Waals surface area contributed by atoms with Gasteiger partial charge in [0, 0.05) is 22.0 Å². The van der Waals surface area contributed by atoms with Crippen LogP contribution in [0.3, 0.4) is 0 Å². The standard InChI is InChI=1S/C18H15BrCl2N2O4/c1-3-26-17(25)18(27-11(2)24,12-4-6-13(19)7-5-12)23-22-16-9-8-14(20)10-15(16)21/h4-10H,3H2,1-2H3/b23-22+. The van der Waals surface area contributed by atoms with Crippen molar-refractivity contribution in [2.45, 2.75) is 19.6 Å². The van der Waals surface area contributed by atoms with E-state index in [0.717, 1.165) is 11.4 Å². The highest BCUT2D eigenvalue weighted by Gasteiger charge is 2.46. The highest BCUT2D eigenvalue weighted by Crippen LogP contribution is 2.35. The molecule has 6 nitrogen and oxygen atoms in total. The molecular formula is C18H15BrCl2N2O4. The smallest absolute Gasteiger partial charge is 0.381 e. The number of ether oxygens (including phenoxy) is 2. The number of benzene rings is 2. The zero-order chi connectivity index (χ0) is 20.0. The third-order valence-corrected chi connectivity index (χ3v) is 4.35. The number of hydrogen-bond donors (Lipinski definition) is 0. The summed E-state index contributed by atoms with van der Waals surface area (Å²) in [6.07, 6.45) is 0. The van der Waals surface area contributed by atoms with Crippen molar-refractivity contribution in [1.29, 1.82) is 0 Å². The Morgan fingerprint density at radius 3 is 2.37 bits per heavy atom. The Balaban J connectivity index is 2.61. The minimum atomic E-state index is -2.11. The Hall–Kier alpha value is -1.96. The predicted octanol–water partition coefficient (Wildman–Crippen LogP) is 5.82. The molecule has 0 spiro atoms. The quantitative estimate of drug-likeness (QED) is 0.391. The lowest BCUT2D eigenvalue weighted by Crippen LogP contribution is -2.39. The molecule has 2 aromatic rings. The van der Waals surface area contributed by atoms with E-state index in [9.17, 15) is 9.59 Å². The van der Waals surface area contributed by atoms with Gasteiger partial charge >= 0.3 is 17.7 Å². The first-order chi connectivity index (χ1) is 12.8. The fourth-order valence-electron chi connectivity index (χ4n) is 2.14. The zero-order valence-electron chi connectivity index (χ0n) is 14.4. The van der Waals surface area contributed by atoms with E-state index >= 15 is 0 Å². The van der Waals surface area contributed by atoms with Gasteiger partial charge in [-0.3, -0.25) is 4.79 Å². The van der Waals surface area contributed by atoms with Crippen LogP contribution in [0.25, 0.3) is 0 Å². The highest BCUT2D eigenvalue weighted by molar-refractivity contribution is 9.10. The first-order valence-corrected chi connectivity index (χ1v) is 9.34. The van der Waals surface area contributed by atoms with Crippen LogP contribution in [0.5, 0.6) is 0 Å². The van der Waals surface area contributed by atoms with Crippen LogP contribution in [-0.2, 0) is 24.8 Å². The van der Waals surface area contributed by atoms with Crippen LogP contribution in [0, 0.1) is 0 Å². The van der Waals surface area contributed by atoms with Crippen molar-refractivity contribution >= 4 is 56.8 Å². The van der Waals surface area contributed by atoms with Crippen molar-refractivity contribution in [3.63, 3.8) is 0 Å². The van der Waals surface area contributed by atoms with E-state index in [1.54, 1.807) is 37.3 Å². The Bertz CT molecular complexity index is 874. The molecule has 9 heteroatoms. The summed E-state index contributed by atoms with van der Waals surface area (Å²) in [5.74, 6) is -1.61. The van der Waals surface area contributed by atoms with Crippen LogP contribution in [0.15, 0.2) is 57.2 Å². The van der Waals surface area contributed by atoms with Gasteiger partial charge in [0.05, 0.1) is 11.6 Å². The molecule has 0 radical (unpaired) electrons. The molecule has 1 atom stereocenters. The van der Waals surface area contributed by atoms with E-state index in [-0.39, 0.29) is 22.9 Å². The predicted molar refractivity (Wildman–Crippen MR) is 105 cm³/mol.